The lowest BCUT2D eigenvalue weighted by atomic mass is 10.1. The molecule has 0 amide bonds. The van der Waals surface area contributed by atoms with E-state index in [-0.39, 0.29) is 41.6 Å². The van der Waals surface area contributed by atoms with Crippen LogP contribution in [0.4, 0.5) is 0 Å². The van der Waals surface area contributed by atoms with Crippen molar-refractivity contribution in [3.8, 4) is 28.7 Å². The van der Waals surface area contributed by atoms with E-state index in [1.807, 2.05) is 0 Å². The number of carboxylic acid groups (broad SMARTS) is 2. The first-order chi connectivity index (χ1) is 17.8. The average molecular weight is 532 g/mol. The molecule has 0 bridgehead atoms. The van der Waals surface area contributed by atoms with Crippen molar-refractivity contribution < 1.29 is 45.3 Å². The lowest BCUT2D eigenvalue weighted by molar-refractivity contribution is -0.139. The molecule has 0 aliphatic rings. The maximum absolute atomic E-state index is 10.4. The molecule has 0 aromatic heterocycles. The molecule has 3 aromatic carbocycles. The van der Waals surface area contributed by atoms with Gasteiger partial charge in [-0.3, -0.25) is 9.59 Å². The second-order valence-electron chi connectivity index (χ2n) is 8.15. The Hall–Kier alpha value is -4.52. The van der Waals surface area contributed by atoms with Crippen molar-refractivity contribution in [2.45, 2.75) is 31.3 Å². The Balaban J connectivity index is 0.000000287. The summed E-state index contributed by atoms with van der Waals surface area (Å²) in [5.74, 6) is -2.65. The smallest absolute Gasteiger partial charge is 0.320 e. The summed E-state index contributed by atoms with van der Waals surface area (Å²) >= 11 is 0. The topological polar surface area (TPSA) is 254 Å². The fraction of sp³-hybridized carbons (Fsp3) is 0.231. The summed E-state index contributed by atoms with van der Waals surface area (Å²) in [6.45, 7) is 0.546. The molecule has 0 aliphatic heterocycles. The van der Waals surface area contributed by atoms with E-state index < -0.39 is 24.0 Å². The predicted molar refractivity (Wildman–Crippen MR) is 139 cm³/mol. The molecule has 0 heterocycles. The lowest BCUT2D eigenvalue weighted by Crippen LogP contribution is -2.32. The number of phenolic OH excluding ortho intramolecular Hbond substituents is 5. The van der Waals surface area contributed by atoms with Crippen LogP contribution >= 0.6 is 0 Å². The zero-order valence-corrected chi connectivity index (χ0v) is 20.4. The maximum atomic E-state index is 10.4. The minimum atomic E-state index is -1.10. The Kier molecular flexibility index (Phi) is 12.9. The standard InChI is InChI=1S/C9H11NO4.C9H11NO3.C8H11NO2/c10-6(9(13)14)3-5-1-2-7(11)8(12)4-5;10-8(9(12)13)5-6-1-3-7(11)4-2-6;9-4-3-6-1-2-7(10)8(11)5-6/h1-2,4,6,11-12H,3,10H2,(H,13,14);1-4,8,11H,5,10H2,(H,12,13);1-2,5,10-11H,3-4,9H2/t6-;8-;/m00./s1. The Labute approximate surface area is 218 Å². The van der Waals surface area contributed by atoms with Crippen molar-refractivity contribution >= 4 is 11.9 Å². The average Bonchev–Trinajstić information content (AvgIpc) is 2.86. The number of phenols is 5. The van der Waals surface area contributed by atoms with Gasteiger partial charge in [-0.05, 0) is 78.9 Å². The van der Waals surface area contributed by atoms with Gasteiger partial charge in [-0.25, -0.2) is 0 Å². The highest BCUT2D eigenvalue weighted by Crippen LogP contribution is 2.25. The molecular formula is C26H33N3O9. The van der Waals surface area contributed by atoms with Gasteiger partial charge in [0, 0.05) is 0 Å². The number of aromatic hydroxyl groups is 5. The SMILES string of the molecule is NCCc1ccc(O)c(O)c1.N[C@@H](Cc1ccc(O)c(O)c1)C(=O)O.N[C@@H](Cc1ccc(O)cc1)C(=O)O. The third kappa shape index (κ3) is 11.5. The van der Waals surface area contributed by atoms with E-state index >= 15 is 0 Å². The molecule has 13 N–H and O–H groups in total. The fourth-order valence-corrected chi connectivity index (χ4v) is 2.90. The third-order valence-corrected chi connectivity index (χ3v) is 4.99. The van der Waals surface area contributed by atoms with Crippen molar-refractivity contribution in [2.75, 3.05) is 6.54 Å². The number of hydrogen-bond donors (Lipinski definition) is 10. The first-order valence-corrected chi connectivity index (χ1v) is 11.3. The fourth-order valence-electron chi connectivity index (χ4n) is 2.90. The van der Waals surface area contributed by atoms with E-state index in [2.05, 4.69) is 0 Å². The van der Waals surface area contributed by atoms with E-state index in [1.165, 1.54) is 42.5 Å². The molecule has 0 spiro atoms. The van der Waals surface area contributed by atoms with Crippen LogP contribution in [-0.4, -0.2) is 66.3 Å². The van der Waals surface area contributed by atoms with Gasteiger partial charge >= 0.3 is 11.9 Å². The quantitative estimate of drug-likeness (QED) is 0.183. The molecule has 3 rings (SSSR count). The van der Waals surface area contributed by atoms with Crippen LogP contribution < -0.4 is 17.2 Å². The molecular weight excluding hydrogens is 498 g/mol. The van der Waals surface area contributed by atoms with Crippen molar-refractivity contribution in [1.29, 1.82) is 0 Å². The first-order valence-electron chi connectivity index (χ1n) is 11.3. The minimum absolute atomic E-state index is 0.0871. The summed E-state index contributed by atoms with van der Waals surface area (Å²) in [6.07, 6.45) is 1.10. The Morgan fingerprint density at radius 2 is 1.00 bits per heavy atom. The number of rotatable bonds is 8. The highest BCUT2D eigenvalue weighted by Gasteiger charge is 2.13. The second-order valence-corrected chi connectivity index (χ2v) is 8.15. The van der Waals surface area contributed by atoms with Crippen LogP contribution in [0.3, 0.4) is 0 Å². The molecule has 2 atom stereocenters. The molecule has 38 heavy (non-hydrogen) atoms. The molecule has 206 valence electrons. The van der Waals surface area contributed by atoms with E-state index in [0.717, 1.165) is 11.1 Å². The summed E-state index contributed by atoms with van der Waals surface area (Å²) in [7, 11) is 0. The lowest BCUT2D eigenvalue weighted by Gasteiger charge is -2.06. The van der Waals surface area contributed by atoms with Gasteiger partial charge in [0.1, 0.15) is 17.8 Å². The van der Waals surface area contributed by atoms with Crippen molar-refractivity contribution in [3.05, 3.63) is 77.4 Å². The van der Waals surface area contributed by atoms with Gasteiger partial charge in [0.2, 0.25) is 0 Å². The van der Waals surface area contributed by atoms with Gasteiger partial charge in [0.25, 0.3) is 0 Å². The normalized spacial score (nSPS) is 11.7. The maximum Gasteiger partial charge on any atom is 0.320 e. The molecule has 0 fully saturated rings. The Morgan fingerprint density at radius 3 is 1.42 bits per heavy atom. The number of aliphatic carboxylic acids is 2. The Bertz CT molecular complexity index is 1190. The van der Waals surface area contributed by atoms with Crippen LogP contribution in [0.25, 0.3) is 0 Å². The number of carbonyl (C=O) groups is 2. The molecule has 0 saturated heterocycles. The summed E-state index contributed by atoms with van der Waals surface area (Å²) in [4.78, 5) is 20.8. The second kappa shape index (κ2) is 15.6. The van der Waals surface area contributed by atoms with E-state index in [4.69, 9.17) is 52.9 Å². The largest absolute Gasteiger partial charge is 0.508 e. The first kappa shape index (κ1) is 31.5. The van der Waals surface area contributed by atoms with Crippen LogP contribution in [0.2, 0.25) is 0 Å². The third-order valence-electron chi connectivity index (χ3n) is 4.99. The summed E-state index contributed by atoms with van der Waals surface area (Å²) < 4.78 is 0. The summed E-state index contributed by atoms with van der Waals surface area (Å²) in [5.41, 5.74) is 18.2. The summed E-state index contributed by atoms with van der Waals surface area (Å²) in [5, 5.41) is 62.1. The minimum Gasteiger partial charge on any atom is -0.508 e. The van der Waals surface area contributed by atoms with Crippen LogP contribution in [-0.2, 0) is 28.9 Å². The molecule has 3 aromatic rings. The van der Waals surface area contributed by atoms with Crippen LogP contribution in [0.15, 0.2) is 60.7 Å². The van der Waals surface area contributed by atoms with E-state index in [0.29, 0.717) is 18.5 Å². The van der Waals surface area contributed by atoms with Crippen LogP contribution in [0.5, 0.6) is 28.7 Å². The predicted octanol–water partition coefficient (Wildman–Crippen LogP) is 0.998. The monoisotopic (exact) mass is 531 g/mol. The number of hydrogen-bond acceptors (Lipinski definition) is 10. The molecule has 12 nitrogen and oxygen atoms in total. The van der Waals surface area contributed by atoms with E-state index in [1.54, 1.807) is 18.2 Å². The molecule has 0 saturated carbocycles. The zero-order valence-electron chi connectivity index (χ0n) is 20.4. The number of nitrogens with two attached hydrogens (primary N) is 3. The van der Waals surface area contributed by atoms with Gasteiger partial charge in [0.15, 0.2) is 23.0 Å². The van der Waals surface area contributed by atoms with Gasteiger partial charge in [-0.2, -0.15) is 0 Å². The Morgan fingerprint density at radius 1 is 0.605 bits per heavy atom. The van der Waals surface area contributed by atoms with Crippen molar-refractivity contribution in [2.24, 2.45) is 17.2 Å². The van der Waals surface area contributed by atoms with Crippen molar-refractivity contribution in [3.63, 3.8) is 0 Å². The highest BCUT2D eigenvalue weighted by molar-refractivity contribution is 5.74. The zero-order chi connectivity index (χ0) is 28.8. The van der Waals surface area contributed by atoms with Crippen molar-refractivity contribution in [1.82, 2.24) is 0 Å². The molecule has 0 radical (unpaired) electrons. The van der Waals surface area contributed by atoms with Gasteiger partial charge in [0.05, 0.1) is 0 Å². The molecule has 12 heteroatoms. The summed E-state index contributed by atoms with van der Waals surface area (Å²) in [6, 6.07) is 13.2. The van der Waals surface area contributed by atoms with Gasteiger partial charge < -0.3 is 52.9 Å². The number of carboxylic acids is 2. The van der Waals surface area contributed by atoms with Crippen LogP contribution in [0.1, 0.15) is 16.7 Å². The van der Waals surface area contributed by atoms with Crippen LogP contribution in [0, 0.1) is 0 Å². The van der Waals surface area contributed by atoms with E-state index in [9.17, 15) is 9.59 Å². The number of benzene rings is 3. The molecule has 0 unspecified atom stereocenters. The highest BCUT2D eigenvalue weighted by atomic mass is 16.4. The van der Waals surface area contributed by atoms with Gasteiger partial charge in [-0.15, -0.1) is 0 Å². The molecule has 0 aliphatic carbocycles. The van der Waals surface area contributed by atoms with Gasteiger partial charge in [-0.1, -0.05) is 24.3 Å².